The van der Waals surface area contributed by atoms with Crippen LogP contribution in [0.3, 0.4) is 0 Å². The van der Waals surface area contributed by atoms with E-state index in [0.717, 1.165) is 46.9 Å². The van der Waals surface area contributed by atoms with Crippen molar-refractivity contribution in [3.8, 4) is 0 Å². The van der Waals surface area contributed by atoms with Crippen LogP contribution in [0.2, 0.25) is 0 Å². The summed E-state index contributed by atoms with van der Waals surface area (Å²) in [5.41, 5.74) is 1.60. The van der Waals surface area contributed by atoms with Crippen molar-refractivity contribution in [3.05, 3.63) is 34.0 Å². The van der Waals surface area contributed by atoms with Crippen molar-refractivity contribution in [1.82, 2.24) is 10.6 Å². The SMILES string of the molecule is COCC1(CNC(=O)c2oc3ccc(Br)cc3c2C)CCNCC1. The molecule has 0 bridgehead atoms. The average Bonchev–Trinajstić information content (AvgIpc) is 2.91. The summed E-state index contributed by atoms with van der Waals surface area (Å²) >= 11 is 3.46. The number of fused-ring (bicyclic) bond motifs is 1. The molecule has 1 amide bonds. The molecule has 0 aliphatic carbocycles. The second-order valence-corrected chi connectivity index (χ2v) is 7.48. The first kappa shape index (κ1) is 17.5. The van der Waals surface area contributed by atoms with Crippen molar-refractivity contribution >= 4 is 32.8 Å². The molecule has 1 aromatic carbocycles. The van der Waals surface area contributed by atoms with E-state index in [9.17, 15) is 4.79 Å². The van der Waals surface area contributed by atoms with Gasteiger partial charge in [-0.2, -0.15) is 0 Å². The monoisotopic (exact) mass is 394 g/mol. The molecule has 2 N–H and O–H groups in total. The van der Waals surface area contributed by atoms with E-state index in [2.05, 4.69) is 26.6 Å². The third-order valence-corrected chi connectivity index (χ3v) is 5.34. The summed E-state index contributed by atoms with van der Waals surface area (Å²) in [5.74, 6) is 0.235. The molecule has 3 rings (SSSR count). The summed E-state index contributed by atoms with van der Waals surface area (Å²) in [7, 11) is 1.72. The summed E-state index contributed by atoms with van der Waals surface area (Å²) < 4.78 is 12.1. The number of hydrogen-bond donors (Lipinski definition) is 2. The van der Waals surface area contributed by atoms with Gasteiger partial charge < -0.3 is 19.8 Å². The van der Waals surface area contributed by atoms with Gasteiger partial charge in [0.2, 0.25) is 0 Å². The fourth-order valence-electron chi connectivity index (χ4n) is 3.39. The highest BCUT2D eigenvalue weighted by atomic mass is 79.9. The number of methoxy groups -OCH3 is 1. The summed E-state index contributed by atoms with van der Waals surface area (Å²) in [6.45, 7) is 5.08. The largest absolute Gasteiger partial charge is 0.451 e. The molecular formula is C18H23BrN2O3. The Bertz CT molecular complexity index is 730. The molecule has 1 aromatic heterocycles. The van der Waals surface area contributed by atoms with Gasteiger partial charge in [-0.05, 0) is 51.1 Å². The third-order valence-electron chi connectivity index (χ3n) is 4.84. The van der Waals surface area contributed by atoms with Gasteiger partial charge in [0.15, 0.2) is 5.76 Å². The van der Waals surface area contributed by atoms with Crippen LogP contribution in [-0.4, -0.2) is 39.3 Å². The van der Waals surface area contributed by atoms with Crippen LogP contribution in [0.5, 0.6) is 0 Å². The van der Waals surface area contributed by atoms with Crippen LogP contribution in [0.4, 0.5) is 0 Å². The molecule has 1 aliphatic heterocycles. The Labute approximate surface area is 150 Å². The van der Waals surface area contributed by atoms with E-state index in [1.54, 1.807) is 7.11 Å². The number of rotatable bonds is 5. The van der Waals surface area contributed by atoms with Gasteiger partial charge in [0.25, 0.3) is 5.91 Å². The van der Waals surface area contributed by atoms with E-state index in [1.807, 2.05) is 25.1 Å². The summed E-state index contributed by atoms with van der Waals surface area (Å²) in [6, 6.07) is 5.77. The zero-order valence-corrected chi connectivity index (χ0v) is 15.7. The number of hydrogen-bond acceptors (Lipinski definition) is 4. The van der Waals surface area contributed by atoms with Gasteiger partial charge in [-0.3, -0.25) is 4.79 Å². The van der Waals surface area contributed by atoms with Gasteiger partial charge in [0.05, 0.1) is 6.61 Å². The molecule has 0 saturated carbocycles. The first-order valence-electron chi connectivity index (χ1n) is 8.21. The smallest absolute Gasteiger partial charge is 0.287 e. The number of nitrogens with one attached hydrogen (secondary N) is 2. The Morgan fingerprint density at radius 3 is 2.88 bits per heavy atom. The lowest BCUT2D eigenvalue weighted by Gasteiger charge is -2.37. The second-order valence-electron chi connectivity index (χ2n) is 6.56. The number of benzene rings is 1. The summed E-state index contributed by atoms with van der Waals surface area (Å²) in [6.07, 6.45) is 1.99. The quantitative estimate of drug-likeness (QED) is 0.816. The van der Waals surface area contributed by atoms with E-state index in [-0.39, 0.29) is 11.3 Å². The van der Waals surface area contributed by atoms with Gasteiger partial charge >= 0.3 is 0 Å². The standard InChI is InChI=1S/C18H23BrN2O3/c1-12-14-9-13(19)3-4-15(14)24-16(12)17(22)21-10-18(11-23-2)5-7-20-8-6-18/h3-4,9,20H,5-8,10-11H2,1-2H3,(H,21,22). The van der Waals surface area contributed by atoms with E-state index in [1.165, 1.54) is 0 Å². The number of ether oxygens (including phenoxy) is 1. The topological polar surface area (TPSA) is 63.5 Å². The van der Waals surface area contributed by atoms with Crippen LogP contribution in [0.15, 0.2) is 27.1 Å². The maximum Gasteiger partial charge on any atom is 0.287 e. The van der Waals surface area contributed by atoms with Crippen LogP contribution in [0.25, 0.3) is 11.0 Å². The molecule has 0 spiro atoms. The molecule has 24 heavy (non-hydrogen) atoms. The number of carbonyl (C=O) groups is 1. The molecule has 2 aromatic rings. The fourth-order valence-corrected chi connectivity index (χ4v) is 3.75. The van der Waals surface area contributed by atoms with Gasteiger partial charge in [-0.1, -0.05) is 15.9 Å². The lowest BCUT2D eigenvalue weighted by Crippen LogP contribution is -2.47. The minimum absolute atomic E-state index is 0.00138. The zero-order valence-electron chi connectivity index (χ0n) is 14.1. The minimum atomic E-state index is -0.158. The zero-order chi connectivity index (χ0) is 17.2. The van der Waals surface area contributed by atoms with E-state index in [0.29, 0.717) is 18.9 Å². The Morgan fingerprint density at radius 2 is 2.17 bits per heavy atom. The number of carbonyl (C=O) groups excluding carboxylic acids is 1. The second kappa shape index (κ2) is 7.25. The predicted molar refractivity (Wildman–Crippen MR) is 97.4 cm³/mol. The third kappa shape index (κ3) is 3.50. The maximum atomic E-state index is 12.6. The lowest BCUT2D eigenvalue weighted by molar-refractivity contribution is 0.0506. The Hall–Kier alpha value is -1.37. The van der Waals surface area contributed by atoms with Crippen LogP contribution in [0, 0.1) is 12.3 Å². The van der Waals surface area contributed by atoms with Crippen LogP contribution in [-0.2, 0) is 4.74 Å². The molecule has 0 radical (unpaired) electrons. The van der Waals surface area contributed by atoms with Crippen molar-refractivity contribution in [3.63, 3.8) is 0 Å². The Balaban J connectivity index is 1.76. The molecule has 1 saturated heterocycles. The molecule has 6 heteroatoms. The number of furan rings is 1. The molecule has 2 heterocycles. The van der Waals surface area contributed by atoms with E-state index < -0.39 is 0 Å². The highest BCUT2D eigenvalue weighted by molar-refractivity contribution is 9.10. The normalized spacial score (nSPS) is 17.1. The maximum absolute atomic E-state index is 12.6. The van der Waals surface area contributed by atoms with Crippen molar-refractivity contribution in [2.75, 3.05) is 33.4 Å². The molecule has 130 valence electrons. The molecule has 0 atom stereocenters. The molecule has 1 fully saturated rings. The van der Waals surface area contributed by atoms with Crippen LogP contribution in [0.1, 0.15) is 29.0 Å². The molecule has 5 nitrogen and oxygen atoms in total. The van der Waals surface area contributed by atoms with Gasteiger partial charge in [-0.25, -0.2) is 0 Å². The number of aryl methyl sites for hydroxylation is 1. The first-order valence-corrected chi connectivity index (χ1v) is 9.00. The molecular weight excluding hydrogens is 372 g/mol. The first-order chi connectivity index (χ1) is 11.5. The van der Waals surface area contributed by atoms with E-state index in [4.69, 9.17) is 9.15 Å². The van der Waals surface area contributed by atoms with Crippen molar-refractivity contribution in [1.29, 1.82) is 0 Å². The number of amides is 1. The fraction of sp³-hybridized carbons (Fsp3) is 0.500. The van der Waals surface area contributed by atoms with Crippen molar-refractivity contribution < 1.29 is 13.9 Å². The summed E-state index contributed by atoms with van der Waals surface area (Å²) in [4.78, 5) is 12.6. The van der Waals surface area contributed by atoms with E-state index >= 15 is 0 Å². The molecule has 0 unspecified atom stereocenters. The Kier molecular flexibility index (Phi) is 5.27. The van der Waals surface area contributed by atoms with Crippen molar-refractivity contribution in [2.45, 2.75) is 19.8 Å². The Morgan fingerprint density at radius 1 is 1.42 bits per heavy atom. The number of halogens is 1. The van der Waals surface area contributed by atoms with Crippen LogP contribution >= 0.6 is 15.9 Å². The van der Waals surface area contributed by atoms with Gasteiger partial charge in [0, 0.05) is 34.5 Å². The van der Waals surface area contributed by atoms with Crippen LogP contribution < -0.4 is 10.6 Å². The minimum Gasteiger partial charge on any atom is -0.451 e. The highest BCUT2D eigenvalue weighted by Gasteiger charge is 2.33. The predicted octanol–water partition coefficient (Wildman–Crippen LogP) is 3.25. The average molecular weight is 395 g/mol. The van der Waals surface area contributed by atoms with Crippen molar-refractivity contribution in [2.24, 2.45) is 5.41 Å². The van der Waals surface area contributed by atoms with Gasteiger partial charge in [-0.15, -0.1) is 0 Å². The van der Waals surface area contributed by atoms with Gasteiger partial charge in [0.1, 0.15) is 5.58 Å². The highest BCUT2D eigenvalue weighted by Crippen LogP contribution is 2.30. The lowest BCUT2D eigenvalue weighted by atomic mass is 9.79. The number of piperidine rings is 1. The summed E-state index contributed by atoms with van der Waals surface area (Å²) in [5, 5.41) is 7.38. The molecule has 1 aliphatic rings.